The Morgan fingerprint density at radius 2 is 1.54 bits per heavy atom. The molecule has 0 fully saturated rings. The van der Waals surface area contributed by atoms with Crippen LogP contribution in [0.5, 0.6) is 0 Å². The van der Waals surface area contributed by atoms with Crippen molar-refractivity contribution in [1.29, 1.82) is 0 Å². The van der Waals surface area contributed by atoms with Crippen molar-refractivity contribution in [2.45, 2.75) is 4.90 Å². The van der Waals surface area contributed by atoms with Gasteiger partial charge in [0.25, 0.3) is 5.91 Å². The molecule has 1 heterocycles. The number of hydrogen-bond donors (Lipinski definition) is 1. The first kappa shape index (κ1) is 20.1. The van der Waals surface area contributed by atoms with Gasteiger partial charge < -0.3 is 5.32 Å². The van der Waals surface area contributed by atoms with Gasteiger partial charge >= 0.3 is 10.2 Å². The van der Waals surface area contributed by atoms with Crippen LogP contribution in [0.2, 0.25) is 0 Å². The molecule has 3 rings (SSSR count). The highest BCUT2D eigenvalue weighted by Gasteiger charge is 2.35. The van der Waals surface area contributed by atoms with Crippen LogP contribution >= 0.6 is 0 Å². The molecule has 0 aromatic heterocycles. The molecule has 150 valence electrons. The van der Waals surface area contributed by atoms with Gasteiger partial charge in [0.2, 0.25) is 10.0 Å². The minimum Gasteiger partial charge on any atom is -0.322 e. The fraction of sp³-hybridized carbons (Fsp3) is 0.235. The molecule has 0 atom stereocenters. The second kappa shape index (κ2) is 6.76. The molecule has 0 spiro atoms. The summed E-state index contributed by atoms with van der Waals surface area (Å²) in [7, 11) is -1.41. The van der Waals surface area contributed by atoms with Crippen molar-refractivity contribution >= 4 is 43.2 Å². The standard InChI is InChI=1S/C17H20N4O5S2/c1-19(2)27(23,24)14-8-5-12(6-9-14)17(22)18-13-7-10-15-16(11-13)21(4)28(25,26)20(15)3/h5-11H,1-4H3,(H,18,22). The number of rotatable bonds is 4. The van der Waals surface area contributed by atoms with Gasteiger partial charge in [-0.25, -0.2) is 12.7 Å². The number of carbonyl (C=O) groups excluding carboxylic acids is 1. The third-order valence-electron chi connectivity index (χ3n) is 4.50. The van der Waals surface area contributed by atoms with E-state index in [2.05, 4.69) is 5.32 Å². The number of fused-ring (bicyclic) bond motifs is 1. The lowest BCUT2D eigenvalue weighted by Gasteiger charge is -2.13. The average molecular weight is 425 g/mol. The molecule has 28 heavy (non-hydrogen) atoms. The fourth-order valence-corrected chi connectivity index (χ4v) is 4.81. The summed E-state index contributed by atoms with van der Waals surface area (Å²) in [6, 6.07) is 10.3. The quantitative estimate of drug-likeness (QED) is 0.797. The number of sulfonamides is 1. The van der Waals surface area contributed by atoms with E-state index in [1.165, 1.54) is 52.5 Å². The lowest BCUT2D eigenvalue weighted by Crippen LogP contribution is -2.32. The van der Waals surface area contributed by atoms with Gasteiger partial charge in [0.05, 0.1) is 16.3 Å². The molecular weight excluding hydrogens is 404 g/mol. The van der Waals surface area contributed by atoms with Gasteiger partial charge in [-0.2, -0.15) is 8.42 Å². The largest absolute Gasteiger partial charge is 0.326 e. The van der Waals surface area contributed by atoms with Gasteiger partial charge in [-0.1, -0.05) is 0 Å². The van der Waals surface area contributed by atoms with Crippen LogP contribution in [0.1, 0.15) is 10.4 Å². The van der Waals surface area contributed by atoms with Gasteiger partial charge in [-0.05, 0) is 42.5 Å². The van der Waals surface area contributed by atoms with E-state index in [0.717, 1.165) is 12.9 Å². The van der Waals surface area contributed by atoms with Crippen molar-refractivity contribution in [1.82, 2.24) is 4.31 Å². The molecule has 0 radical (unpaired) electrons. The molecule has 9 nitrogen and oxygen atoms in total. The molecule has 0 bridgehead atoms. The number of hydrogen-bond acceptors (Lipinski definition) is 5. The normalized spacial score (nSPS) is 15.6. The van der Waals surface area contributed by atoms with Crippen LogP contribution in [-0.4, -0.2) is 55.2 Å². The van der Waals surface area contributed by atoms with Crippen molar-refractivity contribution in [2.24, 2.45) is 0 Å². The lowest BCUT2D eigenvalue weighted by atomic mass is 10.2. The maximum Gasteiger partial charge on any atom is 0.326 e. The highest BCUT2D eigenvalue weighted by molar-refractivity contribution is 7.94. The Bertz CT molecular complexity index is 1140. The minimum absolute atomic E-state index is 0.0847. The Morgan fingerprint density at radius 3 is 2.11 bits per heavy atom. The number of anilines is 3. The van der Waals surface area contributed by atoms with E-state index in [1.807, 2.05) is 0 Å². The van der Waals surface area contributed by atoms with E-state index < -0.39 is 26.1 Å². The van der Waals surface area contributed by atoms with Crippen LogP contribution in [0.3, 0.4) is 0 Å². The summed E-state index contributed by atoms with van der Waals surface area (Å²) >= 11 is 0. The van der Waals surface area contributed by atoms with Crippen molar-refractivity contribution < 1.29 is 21.6 Å². The number of nitrogens with zero attached hydrogens (tertiary/aromatic N) is 3. The van der Waals surface area contributed by atoms with E-state index >= 15 is 0 Å². The highest BCUT2D eigenvalue weighted by atomic mass is 32.2. The van der Waals surface area contributed by atoms with E-state index in [9.17, 15) is 21.6 Å². The molecule has 0 aliphatic carbocycles. The molecule has 1 aliphatic rings. The lowest BCUT2D eigenvalue weighted by molar-refractivity contribution is 0.102. The summed E-state index contributed by atoms with van der Waals surface area (Å²) in [5.74, 6) is -0.439. The number of benzene rings is 2. The van der Waals surface area contributed by atoms with E-state index in [4.69, 9.17) is 0 Å². The molecule has 2 aromatic carbocycles. The molecule has 0 saturated heterocycles. The topological polar surface area (TPSA) is 107 Å². The van der Waals surface area contributed by atoms with Crippen LogP contribution in [-0.2, 0) is 20.2 Å². The molecule has 1 amide bonds. The van der Waals surface area contributed by atoms with Crippen LogP contribution in [0.4, 0.5) is 17.1 Å². The zero-order chi connectivity index (χ0) is 20.9. The third kappa shape index (κ3) is 3.21. The summed E-state index contributed by atoms with van der Waals surface area (Å²) in [6.07, 6.45) is 0. The number of nitrogens with one attached hydrogen (secondary N) is 1. The average Bonchev–Trinajstić information content (AvgIpc) is 2.82. The summed E-state index contributed by atoms with van der Waals surface area (Å²) in [5, 5.41) is 2.69. The Kier molecular flexibility index (Phi) is 4.86. The molecule has 0 unspecified atom stereocenters. The number of amides is 1. The van der Waals surface area contributed by atoms with E-state index in [-0.39, 0.29) is 10.5 Å². The summed E-state index contributed by atoms with van der Waals surface area (Å²) in [6.45, 7) is 0. The molecular formula is C17H20N4O5S2. The summed E-state index contributed by atoms with van der Waals surface area (Å²) < 4.78 is 51.9. The second-order valence-electron chi connectivity index (χ2n) is 6.41. The maximum absolute atomic E-state index is 12.5. The Hall–Kier alpha value is -2.63. The Labute approximate surface area is 164 Å². The second-order valence-corrected chi connectivity index (χ2v) is 10.6. The minimum atomic E-state index is -3.59. The van der Waals surface area contributed by atoms with Crippen molar-refractivity contribution in [2.75, 3.05) is 42.1 Å². The van der Waals surface area contributed by atoms with Gasteiger partial charge in [0, 0.05) is 39.4 Å². The Balaban J connectivity index is 1.83. The van der Waals surface area contributed by atoms with Crippen molar-refractivity contribution in [3.05, 3.63) is 48.0 Å². The Morgan fingerprint density at radius 1 is 0.964 bits per heavy atom. The molecule has 2 aromatic rings. The molecule has 0 saturated carbocycles. The third-order valence-corrected chi connectivity index (χ3v) is 8.11. The zero-order valence-corrected chi connectivity index (χ0v) is 17.4. The fourth-order valence-electron chi connectivity index (χ4n) is 2.74. The van der Waals surface area contributed by atoms with Crippen LogP contribution in [0.25, 0.3) is 0 Å². The summed E-state index contributed by atoms with van der Waals surface area (Å²) in [4.78, 5) is 12.6. The van der Waals surface area contributed by atoms with E-state index in [0.29, 0.717) is 17.1 Å². The maximum atomic E-state index is 12.5. The first-order valence-electron chi connectivity index (χ1n) is 8.17. The van der Waals surface area contributed by atoms with Gasteiger partial charge in [0.15, 0.2) is 0 Å². The van der Waals surface area contributed by atoms with Gasteiger partial charge in [-0.15, -0.1) is 0 Å². The zero-order valence-electron chi connectivity index (χ0n) is 15.7. The van der Waals surface area contributed by atoms with Crippen LogP contribution < -0.4 is 13.9 Å². The van der Waals surface area contributed by atoms with Crippen LogP contribution in [0, 0.1) is 0 Å². The molecule has 1 aliphatic heterocycles. The van der Waals surface area contributed by atoms with Gasteiger partial charge in [0.1, 0.15) is 0 Å². The predicted molar refractivity (Wildman–Crippen MR) is 107 cm³/mol. The molecule has 1 N–H and O–H groups in total. The molecule has 11 heteroatoms. The van der Waals surface area contributed by atoms with Crippen LogP contribution in [0.15, 0.2) is 47.4 Å². The van der Waals surface area contributed by atoms with E-state index in [1.54, 1.807) is 18.2 Å². The first-order valence-corrected chi connectivity index (χ1v) is 11.0. The number of carbonyl (C=O) groups is 1. The monoisotopic (exact) mass is 424 g/mol. The van der Waals surface area contributed by atoms with Gasteiger partial charge in [-0.3, -0.25) is 13.4 Å². The van der Waals surface area contributed by atoms with Crippen molar-refractivity contribution in [3.63, 3.8) is 0 Å². The SMILES string of the molecule is CN(C)S(=O)(=O)c1ccc(C(=O)Nc2ccc3c(c2)N(C)S(=O)(=O)N3C)cc1. The summed E-state index contributed by atoms with van der Waals surface area (Å²) in [5.41, 5.74) is 1.66. The van der Waals surface area contributed by atoms with Crippen molar-refractivity contribution in [3.8, 4) is 0 Å². The first-order chi connectivity index (χ1) is 13.0. The highest BCUT2D eigenvalue weighted by Crippen LogP contribution is 2.40. The predicted octanol–water partition coefficient (Wildman–Crippen LogP) is 1.32. The smallest absolute Gasteiger partial charge is 0.322 e.